The Morgan fingerprint density at radius 2 is 1.89 bits per heavy atom. The van der Waals surface area contributed by atoms with Crippen molar-refractivity contribution in [1.29, 1.82) is 5.41 Å². The smallest absolute Gasteiger partial charge is 0.263 e. The molecule has 1 rings (SSSR count). The van der Waals surface area contributed by atoms with Gasteiger partial charge in [-0.15, -0.1) is 0 Å². The van der Waals surface area contributed by atoms with Crippen LogP contribution in [0.2, 0.25) is 0 Å². The maximum atomic E-state index is 13.6. The quantitative estimate of drug-likeness (QED) is 0.234. The minimum atomic E-state index is -2.61. The molecule has 0 fully saturated rings. The highest BCUT2D eigenvalue weighted by atomic mass is 19.1. The second kappa shape index (κ2) is 4.98. The summed E-state index contributed by atoms with van der Waals surface area (Å²) in [6, 6.07) is 0. The number of halogens is 1. The number of hydrazine groups is 1. The predicted molar refractivity (Wildman–Crippen MR) is 52.2 cm³/mol. The van der Waals surface area contributed by atoms with Crippen molar-refractivity contribution in [3.05, 3.63) is 48.1 Å². The Kier molecular flexibility index (Phi) is 3.64. The van der Waals surface area contributed by atoms with Gasteiger partial charge < -0.3 is 0 Å². The Balaban J connectivity index is 3.17. The standard InChI is InChI=1S/C5H4FN7O6/c6-3-2(4(11(14)15)12(16)17)1-8-10(3)5(7)9-13(18)19/h1,4H,(H2,7,9). The molecule has 13 nitrogen and oxygen atoms in total. The predicted octanol–water partition coefficient (Wildman–Crippen LogP) is -0.862. The molecule has 19 heavy (non-hydrogen) atoms. The molecule has 1 heterocycles. The topological polar surface area (TPSA) is 183 Å². The Morgan fingerprint density at radius 1 is 1.37 bits per heavy atom. The van der Waals surface area contributed by atoms with Gasteiger partial charge in [0, 0.05) is 0 Å². The van der Waals surface area contributed by atoms with E-state index in [1.807, 2.05) is 0 Å². The van der Waals surface area contributed by atoms with Crippen molar-refractivity contribution >= 4 is 5.96 Å². The molecule has 0 spiro atoms. The van der Waals surface area contributed by atoms with Gasteiger partial charge in [-0.3, -0.25) is 25.6 Å². The maximum absolute atomic E-state index is 13.6. The number of rotatable bonds is 4. The Morgan fingerprint density at radius 3 is 2.32 bits per heavy atom. The zero-order chi connectivity index (χ0) is 14.7. The van der Waals surface area contributed by atoms with Crippen LogP contribution in [0.5, 0.6) is 0 Å². The van der Waals surface area contributed by atoms with Crippen LogP contribution < -0.4 is 5.43 Å². The SMILES string of the molecule is N=C(N[N+](=O)[O-])n1ncc(C([N+](=O)[O-])[N+](=O)[O-])c1F. The van der Waals surface area contributed by atoms with Gasteiger partial charge in [-0.25, -0.2) is 10.1 Å². The molecular formula is C5H4FN7O6. The molecule has 0 aliphatic rings. The first-order valence-corrected chi connectivity index (χ1v) is 4.26. The van der Waals surface area contributed by atoms with Gasteiger partial charge in [0.05, 0.1) is 6.20 Å². The fraction of sp³-hybridized carbons (Fsp3) is 0.200. The molecule has 0 aliphatic heterocycles. The number of nitro groups is 3. The molecular weight excluding hydrogens is 273 g/mol. The molecule has 0 atom stereocenters. The van der Waals surface area contributed by atoms with Gasteiger partial charge in [0.1, 0.15) is 9.85 Å². The van der Waals surface area contributed by atoms with Crippen LogP contribution >= 0.6 is 0 Å². The van der Waals surface area contributed by atoms with Gasteiger partial charge >= 0.3 is 6.17 Å². The van der Waals surface area contributed by atoms with Crippen molar-refractivity contribution < 1.29 is 19.3 Å². The first-order chi connectivity index (χ1) is 8.75. The summed E-state index contributed by atoms with van der Waals surface area (Å²) in [5.41, 5.74) is 0.214. The van der Waals surface area contributed by atoms with Gasteiger partial charge in [-0.1, -0.05) is 5.43 Å². The third-order valence-electron chi connectivity index (χ3n) is 1.82. The summed E-state index contributed by atoms with van der Waals surface area (Å²) >= 11 is 0. The number of hydrogen-bond acceptors (Lipinski definition) is 8. The van der Waals surface area contributed by atoms with Crippen LogP contribution in [0, 0.1) is 41.7 Å². The van der Waals surface area contributed by atoms with Crippen LogP contribution in [0.25, 0.3) is 0 Å². The van der Waals surface area contributed by atoms with Crippen molar-refractivity contribution in [3.63, 3.8) is 0 Å². The molecule has 1 aromatic heterocycles. The van der Waals surface area contributed by atoms with Crippen LogP contribution in [-0.2, 0) is 0 Å². The molecule has 0 amide bonds. The second-order valence-corrected chi connectivity index (χ2v) is 2.96. The van der Waals surface area contributed by atoms with Crippen molar-refractivity contribution in [2.24, 2.45) is 0 Å². The number of aromatic nitrogens is 2. The van der Waals surface area contributed by atoms with Crippen LogP contribution in [0.3, 0.4) is 0 Å². The summed E-state index contributed by atoms with van der Waals surface area (Å²) in [7, 11) is 0. The van der Waals surface area contributed by atoms with E-state index < -0.39 is 38.5 Å². The average Bonchev–Trinajstić information content (AvgIpc) is 2.59. The first kappa shape index (κ1) is 13.9. The Bertz CT molecular complexity index is 554. The molecule has 1 aromatic rings. The van der Waals surface area contributed by atoms with Crippen molar-refractivity contribution in [1.82, 2.24) is 15.2 Å². The fourth-order valence-corrected chi connectivity index (χ4v) is 1.11. The number of hydrogen-bond donors (Lipinski definition) is 2. The molecule has 14 heteroatoms. The van der Waals surface area contributed by atoms with Gasteiger partial charge in [0.15, 0.2) is 10.6 Å². The first-order valence-electron chi connectivity index (χ1n) is 4.26. The van der Waals surface area contributed by atoms with Gasteiger partial charge in [0.2, 0.25) is 5.95 Å². The van der Waals surface area contributed by atoms with E-state index in [0.717, 1.165) is 0 Å². The summed E-state index contributed by atoms with van der Waals surface area (Å²) in [6.07, 6.45) is -2.17. The van der Waals surface area contributed by atoms with Gasteiger partial charge in [-0.2, -0.15) is 14.2 Å². The molecule has 0 saturated heterocycles. The van der Waals surface area contributed by atoms with E-state index in [1.165, 1.54) is 5.43 Å². The van der Waals surface area contributed by atoms with E-state index in [2.05, 4.69) is 5.10 Å². The van der Waals surface area contributed by atoms with Gasteiger partial charge in [0.25, 0.3) is 5.96 Å². The summed E-state index contributed by atoms with van der Waals surface area (Å²) < 4.78 is 13.6. The normalized spacial score (nSPS) is 10.2. The molecule has 2 N–H and O–H groups in total. The maximum Gasteiger partial charge on any atom is 0.482 e. The Labute approximate surface area is 101 Å². The number of nitrogens with one attached hydrogen (secondary N) is 2. The van der Waals surface area contributed by atoms with Crippen LogP contribution in [-0.4, -0.2) is 30.6 Å². The lowest BCUT2D eigenvalue weighted by molar-refractivity contribution is -0.752. The van der Waals surface area contributed by atoms with Crippen LogP contribution in [0.15, 0.2) is 6.20 Å². The van der Waals surface area contributed by atoms with E-state index >= 15 is 0 Å². The van der Waals surface area contributed by atoms with Crippen LogP contribution in [0.1, 0.15) is 11.7 Å². The highest BCUT2D eigenvalue weighted by Crippen LogP contribution is 2.19. The molecule has 0 unspecified atom stereocenters. The molecule has 0 aliphatic carbocycles. The van der Waals surface area contributed by atoms with E-state index in [0.29, 0.717) is 6.20 Å². The van der Waals surface area contributed by atoms with E-state index in [9.17, 15) is 34.7 Å². The van der Waals surface area contributed by atoms with Crippen LogP contribution in [0.4, 0.5) is 4.39 Å². The second-order valence-electron chi connectivity index (χ2n) is 2.96. The third-order valence-corrected chi connectivity index (χ3v) is 1.82. The summed E-state index contributed by atoms with van der Waals surface area (Å²) in [6.45, 7) is 0. The highest BCUT2D eigenvalue weighted by molar-refractivity contribution is 5.77. The van der Waals surface area contributed by atoms with Crippen molar-refractivity contribution in [2.75, 3.05) is 0 Å². The molecule has 102 valence electrons. The summed E-state index contributed by atoms with van der Waals surface area (Å²) in [5.74, 6) is -2.78. The average molecular weight is 277 g/mol. The van der Waals surface area contributed by atoms with E-state index in [1.54, 1.807) is 0 Å². The lowest BCUT2D eigenvalue weighted by Crippen LogP contribution is -2.35. The summed E-state index contributed by atoms with van der Waals surface area (Å²) in [5, 5.41) is 39.8. The van der Waals surface area contributed by atoms with E-state index in [4.69, 9.17) is 5.41 Å². The third kappa shape index (κ3) is 2.73. The van der Waals surface area contributed by atoms with Gasteiger partial charge in [-0.05, 0) is 0 Å². The Hall–Kier alpha value is -3.19. The molecule has 0 radical (unpaired) electrons. The summed E-state index contributed by atoms with van der Waals surface area (Å²) in [4.78, 5) is 28.2. The lowest BCUT2D eigenvalue weighted by Gasteiger charge is -2.01. The minimum absolute atomic E-state index is 0.0157. The lowest BCUT2D eigenvalue weighted by atomic mass is 10.3. The molecule has 0 aromatic carbocycles. The van der Waals surface area contributed by atoms with E-state index in [-0.39, 0.29) is 4.68 Å². The zero-order valence-electron chi connectivity index (χ0n) is 8.72. The highest BCUT2D eigenvalue weighted by Gasteiger charge is 2.40. The number of nitrogens with zero attached hydrogens (tertiary/aromatic N) is 5. The molecule has 0 saturated carbocycles. The fourth-order valence-electron chi connectivity index (χ4n) is 1.11. The molecule has 0 bridgehead atoms. The minimum Gasteiger partial charge on any atom is -0.263 e. The largest absolute Gasteiger partial charge is 0.482 e. The van der Waals surface area contributed by atoms with Crippen molar-refractivity contribution in [2.45, 2.75) is 6.17 Å². The monoisotopic (exact) mass is 277 g/mol. The van der Waals surface area contributed by atoms with Crippen molar-refractivity contribution in [3.8, 4) is 0 Å². The zero-order valence-corrected chi connectivity index (χ0v) is 8.72.